The predicted octanol–water partition coefficient (Wildman–Crippen LogP) is 4.23. The summed E-state index contributed by atoms with van der Waals surface area (Å²) in [6.45, 7) is 0.470. The van der Waals surface area contributed by atoms with E-state index in [1.54, 1.807) is 23.1 Å². The Balaban J connectivity index is 1.70. The first-order valence-electron chi connectivity index (χ1n) is 8.59. The first kappa shape index (κ1) is 19.7. The van der Waals surface area contributed by atoms with Crippen LogP contribution in [-0.2, 0) is 17.2 Å². The van der Waals surface area contributed by atoms with Crippen LogP contribution in [0.25, 0.3) is 16.3 Å². The first-order valence-corrected chi connectivity index (χ1v) is 12.2. The van der Waals surface area contributed by atoms with Crippen LogP contribution in [0.5, 0.6) is 0 Å². The Hall–Kier alpha value is -1.58. The average molecular weight is 453 g/mol. The molecule has 1 aliphatic rings. The van der Waals surface area contributed by atoms with Crippen LogP contribution in [-0.4, -0.2) is 25.3 Å². The lowest BCUT2D eigenvalue weighted by Crippen LogP contribution is -2.29. The molecule has 0 N–H and O–H groups in total. The van der Waals surface area contributed by atoms with Crippen molar-refractivity contribution < 1.29 is 17.5 Å². The third-order valence-corrected chi connectivity index (χ3v) is 7.77. The number of rotatable bonds is 5. The maximum Gasteiger partial charge on any atom is 0.265 e. The lowest BCUT2D eigenvalue weighted by Gasteiger charge is -2.20. The van der Waals surface area contributed by atoms with E-state index in [2.05, 4.69) is 15.5 Å². The van der Waals surface area contributed by atoms with Crippen LogP contribution in [0.4, 0.5) is 5.69 Å². The molecule has 0 radical (unpaired) electrons. The Kier molecular flexibility index (Phi) is 5.41. The monoisotopic (exact) mass is 452 g/mol. The summed E-state index contributed by atoms with van der Waals surface area (Å²) in [4.78, 5) is 3.20. The molecule has 2 aromatic carbocycles. The van der Waals surface area contributed by atoms with Crippen LogP contribution in [0.2, 0.25) is 5.02 Å². The number of hydrogen-bond acceptors (Lipinski definition) is 6. The quantitative estimate of drug-likeness (QED) is 0.428. The smallest absolute Gasteiger partial charge is 0.265 e. The van der Waals surface area contributed by atoms with Gasteiger partial charge in [-0.25, -0.2) is 8.42 Å². The number of thiazole rings is 1. The highest BCUT2D eigenvalue weighted by Crippen LogP contribution is 2.46. The number of halogens is 1. The molecule has 4 rings (SSSR count). The molecule has 0 bridgehead atoms. The predicted molar refractivity (Wildman–Crippen MR) is 115 cm³/mol. The second-order valence-corrected chi connectivity index (χ2v) is 10.5. The Morgan fingerprint density at radius 3 is 2.82 bits per heavy atom. The maximum absolute atomic E-state index is 11.0. The summed E-state index contributed by atoms with van der Waals surface area (Å²) >= 11 is 9.42. The van der Waals surface area contributed by atoms with Crippen molar-refractivity contribution in [3.63, 3.8) is 0 Å². The molecule has 0 saturated carbocycles. The molecule has 0 unspecified atom stereocenters. The largest absolute Gasteiger partial charge is 0.748 e. The minimum absolute atomic E-state index is 0.284. The van der Waals surface area contributed by atoms with Crippen LogP contribution < -0.4 is 9.47 Å². The number of fused-ring (bicyclic) bond motifs is 2. The van der Waals surface area contributed by atoms with E-state index in [1.165, 1.54) is 0 Å². The van der Waals surface area contributed by atoms with E-state index >= 15 is 0 Å². The van der Waals surface area contributed by atoms with Crippen molar-refractivity contribution in [1.29, 1.82) is 0 Å². The SMILES string of the molecule is C[n+]1c(/C=C2\Sc3ccccc3N2CCCS(=O)(=O)[O-])sc2cc(Cl)ccc21. The standard InChI is InChI=1S/C19H17ClN2O3S3/c1-21-14-8-7-13(20)11-17(14)27-18(21)12-19-22(9-4-10-28(23,24)25)15-5-2-3-6-16(15)26-19/h2-3,5-8,11-12H,4,9-10H2,1H3. The van der Waals surface area contributed by atoms with Crippen LogP contribution in [0.3, 0.4) is 0 Å². The van der Waals surface area contributed by atoms with Crippen LogP contribution in [0.15, 0.2) is 52.4 Å². The van der Waals surface area contributed by atoms with Crippen LogP contribution >= 0.6 is 34.7 Å². The van der Waals surface area contributed by atoms with Crippen molar-refractivity contribution in [3.05, 3.63) is 57.5 Å². The number of benzene rings is 2. The van der Waals surface area contributed by atoms with Crippen LogP contribution in [0, 0.1) is 0 Å². The van der Waals surface area contributed by atoms with Crippen molar-refractivity contribution >= 4 is 66.8 Å². The molecule has 5 nitrogen and oxygen atoms in total. The van der Waals surface area contributed by atoms with Gasteiger partial charge in [-0.05, 0) is 30.7 Å². The van der Waals surface area contributed by atoms with Gasteiger partial charge in [-0.3, -0.25) is 0 Å². The fourth-order valence-corrected chi connectivity index (χ4v) is 6.21. The number of aromatic nitrogens is 1. The molecular formula is C19H17ClN2O3S3. The number of hydrogen-bond donors (Lipinski definition) is 0. The van der Waals surface area contributed by atoms with Gasteiger partial charge in [-0.1, -0.05) is 46.8 Å². The highest BCUT2D eigenvalue weighted by atomic mass is 35.5. The molecule has 0 aliphatic carbocycles. The van der Waals surface area contributed by atoms with E-state index in [1.807, 2.05) is 49.5 Å². The minimum atomic E-state index is -4.22. The molecule has 0 spiro atoms. The van der Waals surface area contributed by atoms with Crippen molar-refractivity contribution in [3.8, 4) is 0 Å². The van der Waals surface area contributed by atoms with E-state index in [-0.39, 0.29) is 12.2 Å². The van der Waals surface area contributed by atoms with Crippen molar-refractivity contribution in [2.24, 2.45) is 7.05 Å². The van der Waals surface area contributed by atoms with Gasteiger partial charge in [0.2, 0.25) is 5.52 Å². The van der Waals surface area contributed by atoms with E-state index in [0.29, 0.717) is 11.6 Å². The Bertz CT molecular complexity index is 1190. The second-order valence-electron chi connectivity index (χ2n) is 6.43. The second kappa shape index (κ2) is 7.68. The number of thioether (sulfide) groups is 1. The Morgan fingerprint density at radius 1 is 1.25 bits per heavy atom. The third-order valence-electron chi connectivity index (χ3n) is 4.49. The van der Waals surface area contributed by atoms with Crippen molar-refractivity contribution in [2.45, 2.75) is 11.3 Å². The fraction of sp³-hybridized carbons (Fsp3) is 0.211. The number of para-hydroxylation sites is 1. The molecule has 0 fully saturated rings. The molecule has 2 heterocycles. The number of aryl methyl sites for hydroxylation is 1. The van der Waals surface area contributed by atoms with E-state index < -0.39 is 10.1 Å². The van der Waals surface area contributed by atoms with Crippen molar-refractivity contribution in [2.75, 3.05) is 17.2 Å². The summed E-state index contributed by atoms with van der Waals surface area (Å²) in [5.41, 5.74) is 2.14. The zero-order valence-electron chi connectivity index (χ0n) is 15.0. The molecule has 28 heavy (non-hydrogen) atoms. The lowest BCUT2D eigenvalue weighted by atomic mass is 10.3. The summed E-state index contributed by atoms with van der Waals surface area (Å²) in [5, 5.41) is 2.78. The molecule has 0 atom stereocenters. The average Bonchev–Trinajstić information content (AvgIpc) is 3.12. The minimum Gasteiger partial charge on any atom is -0.748 e. The summed E-state index contributed by atoms with van der Waals surface area (Å²) in [5.74, 6) is -0.362. The fourth-order valence-electron chi connectivity index (χ4n) is 3.17. The topological polar surface area (TPSA) is 64.3 Å². The van der Waals surface area contributed by atoms with Crippen molar-refractivity contribution in [1.82, 2.24) is 0 Å². The van der Waals surface area contributed by atoms with Crippen LogP contribution in [0.1, 0.15) is 11.4 Å². The number of nitrogens with zero attached hydrogens (tertiary/aromatic N) is 2. The lowest BCUT2D eigenvalue weighted by molar-refractivity contribution is -0.642. The molecule has 1 aliphatic heterocycles. The molecule has 1 aromatic heterocycles. The molecular weight excluding hydrogens is 436 g/mol. The van der Waals surface area contributed by atoms with Gasteiger partial charge in [-0.2, -0.15) is 4.57 Å². The van der Waals surface area contributed by atoms with Gasteiger partial charge in [-0.15, -0.1) is 0 Å². The highest BCUT2D eigenvalue weighted by Gasteiger charge is 2.26. The van der Waals surface area contributed by atoms with Gasteiger partial charge < -0.3 is 9.45 Å². The highest BCUT2D eigenvalue weighted by molar-refractivity contribution is 8.03. The van der Waals surface area contributed by atoms with Gasteiger partial charge in [0, 0.05) is 28.3 Å². The number of anilines is 1. The Morgan fingerprint density at radius 2 is 2.04 bits per heavy atom. The zero-order chi connectivity index (χ0) is 19.9. The first-order chi connectivity index (χ1) is 13.3. The maximum atomic E-state index is 11.0. The molecule has 3 aromatic rings. The molecule has 0 saturated heterocycles. The molecule has 9 heteroatoms. The van der Waals surface area contributed by atoms with Gasteiger partial charge >= 0.3 is 0 Å². The summed E-state index contributed by atoms with van der Waals surface area (Å²) < 4.78 is 36.2. The van der Waals surface area contributed by atoms with Gasteiger partial charge in [0.15, 0.2) is 0 Å². The third kappa shape index (κ3) is 4.06. The summed E-state index contributed by atoms with van der Waals surface area (Å²) in [6, 6.07) is 13.8. The summed E-state index contributed by atoms with van der Waals surface area (Å²) in [6.07, 6.45) is 2.39. The van der Waals surface area contributed by atoms with E-state index in [4.69, 9.17) is 11.6 Å². The molecule has 0 amide bonds. The Labute approximate surface area is 177 Å². The summed E-state index contributed by atoms with van der Waals surface area (Å²) in [7, 11) is -2.20. The van der Waals surface area contributed by atoms with Gasteiger partial charge in [0.05, 0.1) is 26.9 Å². The molecule has 146 valence electrons. The van der Waals surface area contributed by atoms with Gasteiger partial charge in [0.25, 0.3) is 5.01 Å². The van der Waals surface area contributed by atoms with E-state index in [0.717, 1.165) is 30.8 Å². The normalized spacial score (nSPS) is 15.5. The zero-order valence-corrected chi connectivity index (χ0v) is 18.2. The van der Waals surface area contributed by atoms with Gasteiger partial charge in [0.1, 0.15) is 11.7 Å². The van der Waals surface area contributed by atoms with E-state index in [9.17, 15) is 13.0 Å².